The van der Waals surface area contributed by atoms with Crippen LogP contribution in [0, 0.1) is 5.82 Å². The minimum atomic E-state index is -0.509. The number of benzene rings is 2. The second-order valence-corrected chi connectivity index (χ2v) is 12.4. The van der Waals surface area contributed by atoms with Gasteiger partial charge in [0.25, 0.3) is 0 Å². The summed E-state index contributed by atoms with van der Waals surface area (Å²) in [6.45, 7) is 3.50. The predicted octanol–water partition coefficient (Wildman–Crippen LogP) is 5.61. The Balaban J connectivity index is 1.16. The van der Waals surface area contributed by atoms with Crippen LogP contribution >= 0.6 is 11.6 Å². The molecular weight excluding hydrogens is 591 g/mol. The number of H-pyrrole nitrogens is 1. The van der Waals surface area contributed by atoms with E-state index in [-0.39, 0.29) is 17.1 Å². The first-order valence-electron chi connectivity index (χ1n) is 15.5. The van der Waals surface area contributed by atoms with Gasteiger partial charge in [0.15, 0.2) is 5.82 Å². The fraction of sp³-hybridized carbons (Fsp3) is 0.353. The van der Waals surface area contributed by atoms with Gasteiger partial charge in [-0.2, -0.15) is 15.2 Å². The van der Waals surface area contributed by atoms with E-state index in [1.165, 1.54) is 10.1 Å². The molecular formula is C34H38ClFN8O. The Kier molecular flexibility index (Phi) is 9.65. The molecule has 1 aliphatic heterocycles. The van der Waals surface area contributed by atoms with Crippen LogP contribution in [0.1, 0.15) is 61.9 Å². The molecule has 9 nitrogen and oxygen atoms in total. The number of aromatic nitrogens is 5. The van der Waals surface area contributed by atoms with Crippen LogP contribution in [0.25, 0.3) is 28.0 Å². The van der Waals surface area contributed by atoms with E-state index in [2.05, 4.69) is 42.9 Å². The van der Waals surface area contributed by atoms with Crippen LogP contribution in [0.2, 0.25) is 5.02 Å². The van der Waals surface area contributed by atoms with Crippen LogP contribution in [0.3, 0.4) is 0 Å². The van der Waals surface area contributed by atoms with Crippen LogP contribution in [0.5, 0.6) is 0 Å². The van der Waals surface area contributed by atoms with Gasteiger partial charge in [0, 0.05) is 54.6 Å². The Morgan fingerprint density at radius 3 is 2.80 bits per heavy atom. The first-order valence-corrected chi connectivity index (χ1v) is 15.9. The Morgan fingerprint density at radius 2 is 2.02 bits per heavy atom. The second kappa shape index (κ2) is 14.0. The van der Waals surface area contributed by atoms with Crippen LogP contribution < -0.4 is 22.1 Å². The summed E-state index contributed by atoms with van der Waals surface area (Å²) in [5.74, 6) is -0.509. The Morgan fingerprint density at radius 1 is 1.18 bits per heavy atom. The van der Waals surface area contributed by atoms with Crippen molar-refractivity contribution in [2.45, 2.75) is 70.1 Å². The lowest BCUT2D eigenvalue weighted by atomic mass is 9.93. The largest absolute Gasteiger partial charge is 0.354 e. The molecule has 1 fully saturated rings. The highest BCUT2D eigenvalue weighted by atomic mass is 35.5. The Bertz CT molecular complexity index is 1810. The van der Waals surface area contributed by atoms with Gasteiger partial charge in [-0.05, 0) is 99.0 Å². The lowest BCUT2D eigenvalue weighted by Crippen LogP contribution is -2.43. The molecule has 0 saturated carbocycles. The molecule has 2 aromatic carbocycles. The highest BCUT2D eigenvalue weighted by Gasteiger charge is 2.22. The number of fused-ring (bicyclic) bond motifs is 1. The minimum Gasteiger partial charge on any atom is -0.339 e. The van der Waals surface area contributed by atoms with E-state index in [0.717, 1.165) is 56.3 Å². The Hall–Kier alpha value is -3.96. The molecule has 0 radical (unpaired) electrons. The third-order valence-electron chi connectivity index (χ3n) is 8.39. The van der Waals surface area contributed by atoms with Gasteiger partial charge in [0.2, 0.25) is 0 Å². The monoisotopic (exact) mass is 628 g/mol. The third kappa shape index (κ3) is 7.48. The number of hydrogen-bond donors (Lipinski definition) is 4. The third-order valence-corrected chi connectivity index (χ3v) is 8.67. The number of nitrogens with one attached hydrogen (secondary N) is 3. The van der Waals surface area contributed by atoms with Gasteiger partial charge in [-0.3, -0.25) is 4.57 Å². The van der Waals surface area contributed by atoms with Gasteiger partial charge in [-0.15, -0.1) is 0 Å². The minimum absolute atomic E-state index is 0.0617. The standard InChI is InChI=1S/C34H38ClFN8O/c1-21(37)5-2-6-22-15-28(32(36)29(35)16-22)31-17-24-20-44(34(45)42-33(24)41-31)27-12-10-23(11-13-27)30-9-3-7-25(40-30)18-38-19-26-8-4-14-39-43-26/h4,8,10-17,20-21,25,30,38,40H,2-3,5-7,9,18-19,37H2,1H3,(H,41,42,45)/t21-,25-,30-/m0/s1. The maximum Gasteiger partial charge on any atom is 0.354 e. The molecule has 5 N–H and O–H groups in total. The van der Waals surface area contributed by atoms with E-state index < -0.39 is 11.5 Å². The molecule has 1 aliphatic rings. The van der Waals surface area contributed by atoms with Crippen molar-refractivity contribution in [3.8, 4) is 16.9 Å². The summed E-state index contributed by atoms with van der Waals surface area (Å²) in [6.07, 6.45) is 9.20. The number of piperidine rings is 1. The van der Waals surface area contributed by atoms with E-state index in [4.69, 9.17) is 17.3 Å². The van der Waals surface area contributed by atoms with Crippen molar-refractivity contribution in [3.05, 3.63) is 105 Å². The number of rotatable bonds is 11. The molecule has 0 aliphatic carbocycles. The average molecular weight is 629 g/mol. The number of nitrogens with zero attached hydrogens (tertiary/aromatic N) is 4. The van der Waals surface area contributed by atoms with Crippen molar-refractivity contribution in [3.63, 3.8) is 0 Å². The fourth-order valence-corrected chi connectivity index (χ4v) is 6.29. The predicted molar refractivity (Wildman–Crippen MR) is 176 cm³/mol. The number of aryl methyl sites for hydroxylation is 1. The second-order valence-electron chi connectivity index (χ2n) is 12.0. The molecule has 5 aromatic rings. The van der Waals surface area contributed by atoms with E-state index in [0.29, 0.717) is 40.6 Å². The van der Waals surface area contributed by atoms with Gasteiger partial charge in [0.05, 0.1) is 22.1 Å². The zero-order valence-corrected chi connectivity index (χ0v) is 26.0. The summed E-state index contributed by atoms with van der Waals surface area (Å²) in [5.41, 5.74) is 10.5. The number of aromatic amines is 1. The van der Waals surface area contributed by atoms with Crippen molar-refractivity contribution in [2.75, 3.05) is 6.54 Å². The van der Waals surface area contributed by atoms with E-state index in [1.54, 1.807) is 30.6 Å². The molecule has 0 amide bonds. The number of nitrogens with two attached hydrogens (primary N) is 1. The van der Waals surface area contributed by atoms with Crippen molar-refractivity contribution in [1.29, 1.82) is 0 Å². The van der Waals surface area contributed by atoms with Crippen molar-refractivity contribution in [2.24, 2.45) is 5.73 Å². The lowest BCUT2D eigenvalue weighted by Gasteiger charge is -2.31. The number of halogens is 2. The molecule has 3 aromatic heterocycles. The molecule has 4 heterocycles. The summed E-state index contributed by atoms with van der Waals surface area (Å²) in [6, 6.07) is 17.8. The molecule has 11 heteroatoms. The first-order chi connectivity index (χ1) is 21.8. The molecule has 6 rings (SSSR count). The topological polar surface area (TPSA) is 127 Å². The van der Waals surface area contributed by atoms with Gasteiger partial charge >= 0.3 is 5.69 Å². The smallest absolute Gasteiger partial charge is 0.339 e. The summed E-state index contributed by atoms with van der Waals surface area (Å²) >= 11 is 6.27. The van der Waals surface area contributed by atoms with Crippen LogP contribution in [-0.2, 0) is 13.0 Å². The number of hydrogen-bond acceptors (Lipinski definition) is 7. The molecule has 3 atom stereocenters. The van der Waals surface area contributed by atoms with Crippen molar-refractivity contribution in [1.82, 2.24) is 35.4 Å². The van der Waals surface area contributed by atoms with Crippen LogP contribution in [0.15, 0.2) is 71.8 Å². The summed E-state index contributed by atoms with van der Waals surface area (Å²) < 4.78 is 16.7. The molecule has 45 heavy (non-hydrogen) atoms. The molecule has 0 unspecified atom stereocenters. The first kappa shape index (κ1) is 31.0. The van der Waals surface area contributed by atoms with Crippen molar-refractivity contribution < 1.29 is 4.39 Å². The quantitative estimate of drug-likeness (QED) is 0.150. The average Bonchev–Trinajstić information content (AvgIpc) is 3.45. The zero-order valence-electron chi connectivity index (χ0n) is 25.3. The highest BCUT2D eigenvalue weighted by molar-refractivity contribution is 6.31. The van der Waals surface area contributed by atoms with Crippen LogP contribution in [-0.4, -0.2) is 43.4 Å². The summed E-state index contributed by atoms with van der Waals surface area (Å²) in [4.78, 5) is 20.4. The summed E-state index contributed by atoms with van der Waals surface area (Å²) in [7, 11) is 0. The SMILES string of the molecule is C[C@H](N)CCCc1cc(Cl)c(F)c(-c2cc3cn(-c4ccc([C@@H]5CCC[C@@H](CNCc6cccnn6)N5)cc4)c(=O)nc3[nH]2)c1. The lowest BCUT2D eigenvalue weighted by molar-refractivity contribution is 0.314. The van der Waals surface area contributed by atoms with E-state index in [1.807, 2.05) is 31.2 Å². The van der Waals surface area contributed by atoms with Gasteiger partial charge < -0.3 is 21.4 Å². The van der Waals surface area contributed by atoms with E-state index >= 15 is 4.39 Å². The van der Waals surface area contributed by atoms with E-state index in [9.17, 15) is 4.79 Å². The maximum absolute atomic E-state index is 15.1. The van der Waals surface area contributed by atoms with Crippen LogP contribution in [0.4, 0.5) is 4.39 Å². The van der Waals surface area contributed by atoms with Gasteiger partial charge in [-0.25, -0.2) is 9.18 Å². The molecule has 0 bridgehead atoms. The van der Waals surface area contributed by atoms with Gasteiger partial charge in [0.1, 0.15) is 5.65 Å². The highest BCUT2D eigenvalue weighted by Crippen LogP contribution is 2.32. The molecule has 0 spiro atoms. The maximum atomic E-state index is 15.1. The summed E-state index contributed by atoms with van der Waals surface area (Å²) in [5, 5.41) is 16.1. The normalized spacial score (nSPS) is 17.5. The zero-order chi connectivity index (χ0) is 31.3. The van der Waals surface area contributed by atoms with Gasteiger partial charge in [-0.1, -0.05) is 23.7 Å². The Labute approximate surface area is 266 Å². The fourth-order valence-electron chi connectivity index (χ4n) is 6.05. The molecule has 234 valence electrons. The molecule has 1 saturated heterocycles. The van der Waals surface area contributed by atoms with Crippen molar-refractivity contribution >= 4 is 22.6 Å².